The lowest BCUT2D eigenvalue weighted by molar-refractivity contribution is -0.385. The molecule has 0 amide bonds. The third kappa shape index (κ3) is 2.77. The van der Waals surface area contributed by atoms with Crippen LogP contribution in [0.4, 0.5) is 5.69 Å². The van der Waals surface area contributed by atoms with Crippen LogP contribution in [0, 0.1) is 10.1 Å². The quantitative estimate of drug-likeness (QED) is 0.472. The Balaban J connectivity index is 2.84. The maximum atomic E-state index is 10.6. The third-order valence-electron chi connectivity index (χ3n) is 1.80. The van der Waals surface area contributed by atoms with Crippen LogP contribution in [0.25, 0.3) is 0 Å². The van der Waals surface area contributed by atoms with Gasteiger partial charge in [0.1, 0.15) is 0 Å². The van der Waals surface area contributed by atoms with Crippen LogP contribution in [-0.4, -0.2) is 15.1 Å². The number of nitro groups is 1. The molecule has 1 rings (SSSR count). The number of aliphatic hydroxyl groups excluding tert-OH is 1. The standard InChI is InChI=1S/C9H9NO3S/c11-9(14)6-5-7-3-1-2-4-8(7)10(12)13/h1-4H,5-6H2,(H,11,14). The molecule has 0 saturated carbocycles. The second-order valence-corrected chi connectivity index (χ2v) is 3.25. The topological polar surface area (TPSA) is 63.4 Å². The molecule has 0 saturated heterocycles. The van der Waals surface area contributed by atoms with Crippen LogP contribution in [0.5, 0.6) is 0 Å². The Kier molecular flexibility index (Phi) is 3.53. The van der Waals surface area contributed by atoms with Crippen molar-refractivity contribution in [3.63, 3.8) is 0 Å². The molecule has 14 heavy (non-hydrogen) atoms. The molecule has 1 aromatic carbocycles. The molecule has 0 aliphatic heterocycles. The molecule has 1 aromatic rings. The highest BCUT2D eigenvalue weighted by Crippen LogP contribution is 2.18. The molecule has 0 atom stereocenters. The number of benzene rings is 1. The zero-order chi connectivity index (χ0) is 10.6. The van der Waals surface area contributed by atoms with Crippen molar-refractivity contribution in [1.82, 2.24) is 0 Å². The Morgan fingerprint density at radius 1 is 1.50 bits per heavy atom. The van der Waals surface area contributed by atoms with Gasteiger partial charge in [-0.3, -0.25) is 10.1 Å². The Bertz CT molecular complexity index is 365. The summed E-state index contributed by atoms with van der Waals surface area (Å²) in [5.74, 6) is 0. The van der Waals surface area contributed by atoms with Gasteiger partial charge >= 0.3 is 0 Å². The molecule has 0 heterocycles. The molecular weight excluding hydrogens is 202 g/mol. The van der Waals surface area contributed by atoms with Crippen molar-refractivity contribution in [3.8, 4) is 0 Å². The molecule has 0 aliphatic rings. The lowest BCUT2D eigenvalue weighted by Gasteiger charge is -2.00. The summed E-state index contributed by atoms with van der Waals surface area (Å²) in [6.07, 6.45) is 0.673. The summed E-state index contributed by atoms with van der Waals surface area (Å²) >= 11 is 4.49. The van der Waals surface area contributed by atoms with Gasteiger partial charge in [-0.25, -0.2) is 0 Å². The minimum Gasteiger partial charge on any atom is -0.502 e. The zero-order valence-electron chi connectivity index (χ0n) is 7.34. The van der Waals surface area contributed by atoms with Gasteiger partial charge in [-0.15, -0.1) is 0 Å². The van der Waals surface area contributed by atoms with Crippen LogP contribution in [0.15, 0.2) is 24.3 Å². The number of aliphatic hydroxyl groups is 1. The fourth-order valence-electron chi connectivity index (χ4n) is 1.14. The molecule has 0 spiro atoms. The van der Waals surface area contributed by atoms with E-state index in [0.717, 1.165) is 0 Å². The van der Waals surface area contributed by atoms with Gasteiger partial charge in [0.2, 0.25) is 0 Å². The van der Waals surface area contributed by atoms with Crippen LogP contribution < -0.4 is 0 Å². The van der Waals surface area contributed by atoms with Gasteiger partial charge in [0.05, 0.1) is 4.92 Å². The fourth-order valence-corrected chi connectivity index (χ4v) is 1.24. The summed E-state index contributed by atoms with van der Waals surface area (Å²) in [5, 5.41) is 19.3. The van der Waals surface area contributed by atoms with E-state index in [1.807, 2.05) is 0 Å². The smallest absolute Gasteiger partial charge is 0.272 e. The summed E-state index contributed by atoms with van der Waals surface area (Å²) < 4.78 is 0. The minimum absolute atomic E-state index is 0.0729. The second-order valence-electron chi connectivity index (χ2n) is 2.78. The molecule has 5 heteroatoms. The lowest BCUT2D eigenvalue weighted by Crippen LogP contribution is -1.99. The second kappa shape index (κ2) is 4.66. The lowest BCUT2D eigenvalue weighted by atomic mass is 10.1. The number of hydrogen-bond donors (Lipinski definition) is 1. The number of nitro benzene ring substituents is 1. The van der Waals surface area contributed by atoms with Gasteiger partial charge in [0, 0.05) is 18.1 Å². The van der Waals surface area contributed by atoms with Crippen LogP contribution in [0.3, 0.4) is 0 Å². The van der Waals surface area contributed by atoms with E-state index >= 15 is 0 Å². The number of hydrogen-bond acceptors (Lipinski definition) is 3. The normalized spacial score (nSPS) is 9.71. The Labute approximate surface area is 86.3 Å². The largest absolute Gasteiger partial charge is 0.502 e. The van der Waals surface area contributed by atoms with Crippen molar-refractivity contribution in [3.05, 3.63) is 39.9 Å². The highest BCUT2D eigenvalue weighted by Gasteiger charge is 2.11. The first-order chi connectivity index (χ1) is 6.61. The zero-order valence-corrected chi connectivity index (χ0v) is 8.16. The maximum Gasteiger partial charge on any atom is 0.272 e. The van der Waals surface area contributed by atoms with E-state index in [0.29, 0.717) is 12.0 Å². The van der Waals surface area contributed by atoms with Crippen LogP contribution >= 0.6 is 12.2 Å². The number of thiocarbonyl (C=S) groups is 1. The minimum atomic E-state index is -0.435. The molecular formula is C9H9NO3S. The number of para-hydroxylation sites is 1. The van der Waals surface area contributed by atoms with Crippen molar-refractivity contribution < 1.29 is 10.0 Å². The van der Waals surface area contributed by atoms with Crippen LogP contribution in [0.2, 0.25) is 0 Å². The first-order valence-corrected chi connectivity index (χ1v) is 4.46. The van der Waals surface area contributed by atoms with E-state index in [4.69, 9.17) is 5.11 Å². The highest BCUT2D eigenvalue weighted by atomic mass is 32.1. The van der Waals surface area contributed by atoms with Gasteiger partial charge in [-0.1, -0.05) is 18.2 Å². The monoisotopic (exact) mass is 211 g/mol. The predicted octanol–water partition coefficient (Wildman–Crippen LogP) is 2.41. The average molecular weight is 211 g/mol. The van der Waals surface area contributed by atoms with Gasteiger partial charge in [0.15, 0.2) is 5.05 Å². The third-order valence-corrected chi connectivity index (χ3v) is 2.00. The van der Waals surface area contributed by atoms with Crippen molar-refractivity contribution in [2.45, 2.75) is 12.8 Å². The molecule has 0 fully saturated rings. The maximum absolute atomic E-state index is 10.6. The molecule has 0 radical (unpaired) electrons. The molecule has 0 bridgehead atoms. The van der Waals surface area contributed by atoms with Crippen LogP contribution in [-0.2, 0) is 6.42 Å². The Hall–Kier alpha value is -1.49. The van der Waals surface area contributed by atoms with Crippen molar-refractivity contribution >= 4 is 23.0 Å². The summed E-state index contributed by atoms with van der Waals surface area (Å²) in [6, 6.07) is 6.44. The number of rotatable bonds is 4. The number of aryl methyl sites for hydroxylation is 1. The first-order valence-electron chi connectivity index (χ1n) is 4.05. The molecule has 4 nitrogen and oxygen atoms in total. The van der Waals surface area contributed by atoms with Crippen LogP contribution in [0.1, 0.15) is 12.0 Å². The predicted molar refractivity (Wildman–Crippen MR) is 56.6 cm³/mol. The summed E-state index contributed by atoms with van der Waals surface area (Å²) in [6.45, 7) is 0. The number of nitrogens with zero attached hydrogens (tertiary/aromatic N) is 1. The van der Waals surface area contributed by atoms with Crippen molar-refractivity contribution in [1.29, 1.82) is 0 Å². The van der Waals surface area contributed by atoms with E-state index in [1.165, 1.54) is 6.07 Å². The van der Waals surface area contributed by atoms with Crippen molar-refractivity contribution in [2.75, 3.05) is 0 Å². The summed E-state index contributed by atoms with van der Waals surface area (Å²) in [7, 11) is 0. The van der Waals surface area contributed by atoms with E-state index in [2.05, 4.69) is 12.2 Å². The molecule has 0 aliphatic carbocycles. The Morgan fingerprint density at radius 2 is 2.14 bits per heavy atom. The van der Waals surface area contributed by atoms with Gasteiger partial charge in [-0.2, -0.15) is 0 Å². The van der Waals surface area contributed by atoms with E-state index in [-0.39, 0.29) is 17.2 Å². The molecule has 0 aromatic heterocycles. The summed E-state index contributed by atoms with van der Waals surface area (Å²) in [5.41, 5.74) is 0.664. The highest BCUT2D eigenvalue weighted by molar-refractivity contribution is 7.80. The molecule has 0 unspecified atom stereocenters. The van der Waals surface area contributed by atoms with E-state index in [1.54, 1.807) is 18.2 Å². The first kappa shape index (κ1) is 10.6. The van der Waals surface area contributed by atoms with Crippen molar-refractivity contribution in [2.24, 2.45) is 0 Å². The summed E-state index contributed by atoms with van der Waals surface area (Å²) in [4.78, 5) is 10.1. The fraction of sp³-hybridized carbons (Fsp3) is 0.222. The van der Waals surface area contributed by atoms with Gasteiger partial charge in [0.25, 0.3) is 5.69 Å². The van der Waals surface area contributed by atoms with E-state index in [9.17, 15) is 10.1 Å². The van der Waals surface area contributed by atoms with Gasteiger partial charge < -0.3 is 5.11 Å². The molecule has 1 N–H and O–H groups in total. The van der Waals surface area contributed by atoms with E-state index < -0.39 is 4.92 Å². The molecule has 74 valence electrons. The van der Waals surface area contributed by atoms with Gasteiger partial charge in [-0.05, 0) is 18.6 Å². The Morgan fingerprint density at radius 3 is 2.71 bits per heavy atom. The average Bonchev–Trinajstić information content (AvgIpc) is 2.15. The SMILES string of the molecule is O=[N+]([O-])c1ccccc1CCC(O)=S.